The predicted octanol–water partition coefficient (Wildman–Crippen LogP) is 1.98. The summed E-state index contributed by atoms with van der Waals surface area (Å²) >= 11 is 0. The molecule has 0 unspecified atom stereocenters. The lowest BCUT2D eigenvalue weighted by atomic mass is 11.3. The first-order valence-corrected chi connectivity index (χ1v) is 9.28. The smallest absolute Gasteiger partial charge is 0.00363 e. The molecule has 0 aliphatic rings. The van der Waals surface area contributed by atoms with Gasteiger partial charge in [-0.3, -0.25) is 8.61 Å². The lowest BCUT2D eigenvalue weighted by Crippen LogP contribution is -2.29. The number of hydrogen-bond acceptors (Lipinski definition) is 2. The van der Waals surface area contributed by atoms with Crippen molar-refractivity contribution in [3.05, 3.63) is 0 Å². The minimum absolute atomic E-state index is 0.633. The first-order valence-electron chi connectivity index (χ1n) is 3.95. The van der Waals surface area contributed by atoms with Gasteiger partial charge in [0.05, 0.1) is 0 Å². The van der Waals surface area contributed by atoms with Crippen LogP contribution in [0.5, 0.6) is 0 Å². The third-order valence-corrected chi connectivity index (χ3v) is 16.0. The molecule has 0 aliphatic heterocycles. The van der Waals surface area contributed by atoms with Crippen molar-refractivity contribution in [2.45, 2.75) is 0 Å². The van der Waals surface area contributed by atoms with Gasteiger partial charge in [-0.05, 0) is 53.2 Å². The quantitative estimate of drug-likeness (QED) is 0.660. The van der Waals surface area contributed by atoms with Crippen molar-refractivity contribution >= 4 is 18.5 Å². The molecular formula is C8H24N2S2. The highest BCUT2D eigenvalue weighted by atomic mass is 33.2. The second-order valence-electron chi connectivity index (χ2n) is 3.99. The molecule has 78 valence electrons. The van der Waals surface area contributed by atoms with E-state index in [9.17, 15) is 0 Å². The van der Waals surface area contributed by atoms with Gasteiger partial charge in [-0.2, -0.15) is 0 Å². The Morgan fingerprint density at radius 1 is 0.583 bits per heavy atom. The highest BCUT2D eigenvalue weighted by molar-refractivity contribution is 9.05. The van der Waals surface area contributed by atoms with Crippen LogP contribution in [0.3, 0.4) is 0 Å². The van der Waals surface area contributed by atoms with E-state index >= 15 is 0 Å². The standard InChI is InChI=1S/C8H24N2S2/c1-9(2)11(5,6)12(7,8)10(3)4/h1-8H3. The summed E-state index contributed by atoms with van der Waals surface area (Å²) in [5, 5.41) is 0. The van der Waals surface area contributed by atoms with Gasteiger partial charge < -0.3 is 0 Å². The van der Waals surface area contributed by atoms with E-state index in [1.807, 2.05) is 0 Å². The van der Waals surface area contributed by atoms with E-state index in [0.717, 1.165) is 0 Å². The van der Waals surface area contributed by atoms with Gasteiger partial charge in [-0.15, -0.1) is 18.5 Å². The minimum Gasteiger partial charge on any atom is -0.266 e. The second kappa shape index (κ2) is 3.78. The molecular weight excluding hydrogens is 188 g/mol. The summed E-state index contributed by atoms with van der Waals surface area (Å²) < 4.78 is 4.78. The zero-order valence-electron chi connectivity index (χ0n) is 9.71. The van der Waals surface area contributed by atoms with Gasteiger partial charge in [-0.25, -0.2) is 0 Å². The Morgan fingerprint density at radius 3 is 0.833 bits per heavy atom. The Kier molecular flexibility index (Phi) is 3.98. The van der Waals surface area contributed by atoms with Crippen molar-refractivity contribution in [1.29, 1.82) is 0 Å². The molecule has 0 aromatic rings. The van der Waals surface area contributed by atoms with Crippen LogP contribution >= 0.6 is 18.5 Å². The van der Waals surface area contributed by atoms with E-state index in [-0.39, 0.29) is 0 Å². The van der Waals surface area contributed by atoms with Crippen LogP contribution in [-0.4, -0.2) is 61.8 Å². The van der Waals surface area contributed by atoms with Crippen molar-refractivity contribution in [3.8, 4) is 0 Å². The summed E-state index contributed by atoms with van der Waals surface area (Å²) in [5.41, 5.74) is 0. The fourth-order valence-electron chi connectivity index (χ4n) is 0.730. The molecule has 0 aliphatic carbocycles. The molecule has 0 bridgehead atoms. The molecule has 0 aromatic heterocycles. The average molecular weight is 212 g/mol. The predicted molar refractivity (Wildman–Crippen MR) is 66.3 cm³/mol. The zero-order chi connectivity index (χ0) is 10.2. The van der Waals surface area contributed by atoms with Gasteiger partial charge in [0, 0.05) is 0 Å². The topological polar surface area (TPSA) is 6.48 Å². The summed E-state index contributed by atoms with van der Waals surface area (Å²) in [6, 6.07) is 0. The first-order chi connectivity index (χ1) is 5.14. The third kappa shape index (κ3) is 2.10. The van der Waals surface area contributed by atoms with Crippen LogP contribution in [0.4, 0.5) is 0 Å². The first kappa shape index (κ1) is 12.6. The van der Waals surface area contributed by atoms with Crippen LogP contribution in [-0.2, 0) is 0 Å². The van der Waals surface area contributed by atoms with Crippen molar-refractivity contribution in [2.24, 2.45) is 0 Å². The maximum atomic E-state index is 2.39. The van der Waals surface area contributed by atoms with Gasteiger partial charge in [0.1, 0.15) is 0 Å². The molecule has 0 saturated carbocycles. The molecule has 0 spiro atoms. The van der Waals surface area contributed by atoms with E-state index in [0.29, 0.717) is 0 Å². The van der Waals surface area contributed by atoms with Crippen molar-refractivity contribution in [3.63, 3.8) is 0 Å². The van der Waals surface area contributed by atoms with Crippen LogP contribution in [0.1, 0.15) is 0 Å². The fraction of sp³-hybridized carbons (Fsp3) is 1.00. The molecule has 0 heterocycles. The van der Waals surface area contributed by atoms with Crippen molar-refractivity contribution in [2.75, 3.05) is 53.2 Å². The highest BCUT2D eigenvalue weighted by Gasteiger charge is 2.31. The summed E-state index contributed by atoms with van der Waals surface area (Å²) in [4.78, 5) is 0. The lowest BCUT2D eigenvalue weighted by Gasteiger charge is -2.58. The molecule has 0 saturated heterocycles. The highest BCUT2D eigenvalue weighted by Crippen LogP contribution is 2.75. The monoisotopic (exact) mass is 212 g/mol. The summed E-state index contributed by atoms with van der Waals surface area (Å²) in [5.74, 6) is 0. The largest absolute Gasteiger partial charge is 0.266 e. The molecule has 0 rings (SSSR count). The average Bonchev–Trinajstić information content (AvgIpc) is 1.86. The Bertz CT molecular complexity index is 135. The van der Waals surface area contributed by atoms with Gasteiger partial charge >= 0.3 is 0 Å². The Balaban J connectivity index is 4.75. The van der Waals surface area contributed by atoms with Crippen molar-refractivity contribution in [1.82, 2.24) is 8.61 Å². The molecule has 0 N–H and O–H groups in total. The van der Waals surface area contributed by atoms with E-state index in [4.69, 9.17) is 0 Å². The van der Waals surface area contributed by atoms with E-state index in [2.05, 4.69) is 61.8 Å². The van der Waals surface area contributed by atoms with E-state index < -0.39 is 18.5 Å². The molecule has 0 amide bonds. The van der Waals surface area contributed by atoms with E-state index in [1.54, 1.807) is 0 Å². The van der Waals surface area contributed by atoms with Crippen LogP contribution in [0.25, 0.3) is 0 Å². The van der Waals surface area contributed by atoms with Gasteiger partial charge in [0.15, 0.2) is 0 Å². The molecule has 4 heteroatoms. The van der Waals surface area contributed by atoms with Crippen LogP contribution in [0.15, 0.2) is 0 Å². The maximum Gasteiger partial charge on any atom is -0.00363 e. The SMILES string of the molecule is CN(C)S(C)(C)S(C)(C)N(C)C. The summed E-state index contributed by atoms with van der Waals surface area (Å²) in [7, 11) is 7.49. The third-order valence-electron chi connectivity index (χ3n) is 2.76. The molecule has 0 radical (unpaired) electrons. The van der Waals surface area contributed by atoms with Crippen LogP contribution < -0.4 is 0 Å². The molecule has 0 atom stereocenters. The Labute approximate surface area is 80.6 Å². The summed E-state index contributed by atoms with van der Waals surface area (Å²) in [6.07, 6.45) is 9.56. The molecule has 2 nitrogen and oxygen atoms in total. The Hall–Kier alpha value is 0.620. The van der Waals surface area contributed by atoms with Gasteiger partial charge in [0.25, 0.3) is 0 Å². The van der Waals surface area contributed by atoms with E-state index in [1.165, 1.54) is 0 Å². The fourth-order valence-corrected chi connectivity index (χ4v) is 6.57. The molecule has 0 fully saturated rings. The zero-order valence-corrected chi connectivity index (χ0v) is 11.3. The molecule has 0 aromatic carbocycles. The Morgan fingerprint density at radius 2 is 0.750 bits per heavy atom. The van der Waals surface area contributed by atoms with Gasteiger partial charge in [-0.1, -0.05) is 0 Å². The van der Waals surface area contributed by atoms with Crippen molar-refractivity contribution < 1.29 is 0 Å². The summed E-state index contributed by atoms with van der Waals surface area (Å²) in [6.45, 7) is 0. The number of nitrogens with zero attached hydrogens (tertiary/aromatic N) is 2. The molecule has 12 heavy (non-hydrogen) atoms. The number of rotatable bonds is 3. The van der Waals surface area contributed by atoms with Crippen LogP contribution in [0, 0.1) is 0 Å². The maximum absolute atomic E-state index is 2.39. The minimum atomic E-state index is -0.633. The second-order valence-corrected chi connectivity index (χ2v) is 15.1. The normalized spacial score (nSPS) is 17.2. The number of hydrogen-bond donors (Lipinski definition) is 0. The lowest BCUT2D eigenvalue weighted by molar-refractivity contribution is 0.675. The van der Waals surface area contributed by atoms with Crippen LogP contribution in [0.2, 0.25) is 0 Å². The van der Waals surface area contributed by atoms with Gasteiger partial charge in [0.2, 0.25) is 0 Å².